The molecule has 1 heterocycles. The third-order valence-electron chi connectivity index (χ3n) is 4.11. The monoisotopic (exact) mass is 412 g/mol. The number of para-hydroxylation sites is 1. The van der Waals surface area contributed by atoms with E-state index >= 15 is 0 Å². The van der Waals surface area contributed by atoms with Gasteiger partial charge < -0.3 is 14.2 Å². The number of carbonyl (C=O) groups excluding carboxylic acids is 1. The fraction of sp³-hybridized carbons (Fsp3) is 0.190. The Bertz CT molecular complexity index is 1140. The van der Waals surface area contributed by atoms with Crippen molar-refractivity contribution in [1.82, 2.24) is 4.57 Å². The first-order valence-electron chi connectivity index (χ1n) is 8.69. The average molecular weight is 412 g/mol. The van der Waals surface area contributed by atoms with Crippen molar-refractivity contribution in [2.75, 3.05) is 21.3 Å². The van der Waals surface area contributed by atoms with E-state index in [4.69, 9.17) is 14.2 Å². The average Bonchev–Trinajstić information content (AvgIpc) is 2.75. The van der Waals surface area contributed by atoms with Crippen LogP contribution in [0.4, 0.5) is 5.69 Å². The molecule has 3 rings (SSSR count). The molecule has 29 heavy (non-hydrogen) atoms. The van der Waals surface area contributed by atoms with Crippen LogP contribution in [-0.2, 0) is 11.3 Å². The van der Waals surface area contributed by atoms with Crippen molar-refractivity contribution >= 4 is 23.0 Å². The van der Waals surface area contributed by atoms with Crippen LogP contribution in [0.3, 0.4) is 0 Å². The number of aromatic nitrogens is 1. The van der Waals surface area contributed by atoms with Gasteiger partial charge in [0.15, 0.2) is 16.3 Å². The molecule has 0 aliphatic carbocycles. The van der Waals surface area contributed by atoms with Crippen molar-refractivity contribution in [3.63, 3.8) is 0 Å². The molecule has 0 radical (unpaired) electrons. The Hall–Kier alpha value is -3.39. The Kier molecular flexibility index (Phi) is 6.46. The van der Waals surface area contributed by atoms with E-state index in [9.17, 15) is 9.59 Å². The first-order chi connectivity index (χ1) is 14.0. The van der Waals surface area contributed by atoms with Crippen LogP contribution in [0.2, 0.25) is 0 Å². The molecule has 3 aromatic rings. The van der Waals surface area contributed by atoms with Crippen molar-refractivity contribution < 1.29 is 19.0 Å². The zero-order valence-corrected chi connectivity index (χ0v) is 17.1. The molecular weight excluding hydrogens is 392 g/mol. The third-order valence-corrected chi connectivity index (χ3v) is 5.11. The van der Waals surface area contributed by atoms with E-state index in [0.717, 1.165) is 16.9 Å². The summed E-state index contributed by atoms with van der Waals surface area (Å²) in [5, 5.41) is 0. The topological polar surface area (TPSA) is 79.1 Å². The lowest BCUT2D eigenvalue weighted by Crippen LogP contribution is -2.33. The molecule has 0 aliphatic heterocycles. The van der Waals surface area contributed by atoms with E-state index in [0.29, 0.717) is 22.0 Å². The molecule has 0 unspecified atom stereocenters. The summed E-state index contributed by atoms with van der Waals surface area (Å²) in [6.45, 7) is 0.253. The Morgan fingerprint density at radius 1 is 1.00 bits per heavy atom. The van der Waals surface area contributed by atoms with Crippen molar-refractivity contribution in [1.29, 1.82) is 0 Å². The molecule has 0 spiro atoms. The Labute approximate surface area is 171 Å². The van der Waals surface area contributed by atoms with Gasteiger partial charge in [0.05, 0.1) is 33.6 Å². The number of hydrogen-bond donors (Lipinski definition) is 0. The summed E-state index contributed by atoms with van der Waals surface area (Å²) in [5.41, 5.74) is 1.15. The second-order valence-electron chi connectivity index (χ2n) is 5.95. The fourth-order valence-corrected chi connectivity index (χ4v) is 3.61. The van der Waals surface area contributed by atoms with Gasteiger partial charge in [0.25, 0.3) is 5.56 Å². The highest BCUT2D eigenvalue weighted by Crippen LogP contribution is 2.27. The van der Waals surface area contributed by atoms with Crippen molar-refractivity contribution in [3.05, 3.63) is 80.2 Å². The minimum absolute atomic E-state index is 0.191. The maximum Gasteiger partial charge on any atom is 0.348 e. The summed E-state index contributed by atoms with van der Waals surface area (Å²) in [7, 11) is 4.39. The molecule has 1 aromatic heterocycles. The fourth-order valence-electron chi connectivity index (χ4n) is 2.67. The number of carbonyl (C=O) groups is 1. The van der Waals surface area contributed by atoms with E-state index in [1.165, 1.54) is 17.7 Å². The van der Waals surface area contributed by atoms with Crippen LogP contribution in [0.5, 0.6) is 11.5 Å². The minimum atomic E-state index is -0.574. The van der Waals surface area contributed by atoms with E-state index in [-0.39, 0.29) is 17.0 Å². The second kappa shape index (κ2) is 9.20. The molecule has 150 valence electrons. The lowest BCUT2D eigenvalue weighted by molar-refractivity contribution is 0.0605. The van der Waals surface area contributed by atoms with Gasteiger partial charge in [-0.2, -0.15) is 0 Å². The van der Waals surface area contributed by atoms with E-state index in [2.05, 4.69) is 4.99 Å². The van der Waals surface area contributed by atoms with Gasteiger partial charge in [0.2, 0.25) is 0 Å². The van der Waals surface area contributed by atoms with Gasteiger partial charge in [-0.3, -0.25) is 9.36 Å². The van der Waals surface area contributed by atoms with Crippen LogP contribution in [0.15, 0.2) is 64.4 Å². The van der Waals surface area contributed by atoms with Gasteiger partial charge in [-0.1, -0.05) is 35.6 Å². The van der Waals surface area contributed by atoms with Crippen molar-refractivity contribution in [3.8, 4) is 11.5 Å². The van der Waals surface area contributed by atoms with E-state index in [1.807, 2.05) is 36.4 Å². The van der Waals surface area contributed by atoms with Crippen LogP contribution in [0, 0.1) is 0 Å². The van der Waals surface area contributed by atoms with Crippen LogP contribution in [0.1, 0.15) is 15.2 Å². The molecule has 0 saturated heterocycles. The largest absolute Gasteiger partial charge is 0.493 e. The van der Waals surface area contributed by atoms with Gasteiger partial charge in [0.1, 0.15) is 4.88 Å². The summed E-state index contributed by atoms with van der Waals surface area (Å²) in [4.78, 5) is 29.9. The molecule has 8 heteroatoms. The number of methoxy groups -OCH3 is 3. The van der Waals surface area contributed by atoms with Gasteiger partial charge >= 0.3 is 5.97 Å². The number of ether oxygens (including phenoxy) is 3. The Morgan fingerprint density at radius 3 is 2.38 bits per heavy atom. The molecule has 0 aliphatic rings. The maximum absolute atomic E-state index is 12.8. The SMILES string of the molecule is COC(=O)c1cc(=O)n(Cc2ccc(OC)c(OC)c2)c(=Nc2ccccc2)s1. The normalized spacial score (nSPS) is 11.2. The molecular formula is C21H20N2O5S. The zero-order chi connectivity index (χ0) is 20.8. The van der Waals surface area contributed by atoms with Crippen LogP contribution < -0.4 is 19.8 Å². The Balaban J connectivity index is 2.14. The Morgan fingerprint density at radius 2 is 1.72 bits per heavy atom. The van der Waals surface area contributed by atoms with Crippen LogP contribution in [-0.4, -0.2) is 31.9 Å². The van der Waals surface area contributed by atoms with Crippen molar-refractivity contribution in [2.45, 2.75) is 6.54 Å². The van der Waals surface area contributed by atoms with Gasteiger partial charge in [-0.25, -0.2) is 9.79 Å². The quantitative estimate of drug-likeness (QED) is 0.582. The number of nitrogens with zero attached hydrogens (tertiary/aromatic N) is 2. The molecule has 0 saturated carbocycles. The van der Waals surface area contributed by atoms with Crippen LogP contribution >= 0.6 is 11.3 Å². The maximum atomic E-state index is 12.8. The molecule has 0 fully saturated rings. The van der Waals surface area contributed by atoms with E-state index in [1.54, 1.807) is 26.4 Å². The highest BCUT2D eigenvalue weighted by molar-refractivity contribution is 7.11. The predicted molar refractivity (Wildman–Crippen MR) is 110 cm³/mol. The predicted octanol–water partition coefficient (Wildman–Crippen LogP) is 2.99. The molecule has 0 amide bonds. The smallest absolute Gasteiger partial charge is 0.348 e. The summed E-state index contributed by atoms with van der Waals surface area (Å²) in [6, 6.07) is 15.9. The summed E-state index contributed by atoms with van der Waals surface area (Å²) in [6.07, 6.45) is 0. The molecule has 0 atom stereocenters. The molecule has 7 nitrogen and oxygen atoms in total. The van der Waals surface area contributed by atoms with Gasteiger partial charge in [0, 0.05) is 6.07 Å². The third kappa shape index (κ3) is 4.72. The molecule has 0 N–H and O–H groups in total. The van der Waals surface area contributed by atoms with E-state index < -0.39 is 5.97 Å². The highest BCUT2D eigenvalue weighted by atomic mass is 32.1. The second-order valence-corrected chi connectivity index (χ2v) is 6.95. The lowest BCUT2D eigenvalue weighted by Gasteiger charge is -2.11. The summed E-state index contributed by atoms with van der Waals surface area (Å²) in [5.74, 6) is 0.589. The standard InChI is InChI=1S/C21H20N2O5S/c1-26-16-10-9-14(11-17(16)27-2)13-23-19(24)12-18(20(25)28-3)29-21(23)22-15-7-5-4-6-8-15/h4-12H,13H2,1-3H3. The van der Waals surface area contributed by atoms with Gasteiger partial charge in [-0.15, -0.1) is 0 Å². The zero-order valence-electron chi connectivity index (χ0n) is 16.2. The van der Waals surface area contributed by atoms with Gasteiger partial charge in [-0.05, 0) is 29.8 Å². The summed E-state index contributed by atoms with van der Waals surface area (Å²) >= 11 is 1.09. The highest BCUT2D eigenvalue weighted by Gasteiger charge is 2.13. The van der Waals surface area contributed by atoms with Crippen molar-refractivity contribution in [2.24, 2.45) is 4.99 Å². The lowest BCUT2D eigenvalue weighted by atomic mass is 10.2. The number of rotatable bonds is 6. The first-order valence-corrected chi connectivity index (χ1v) is 9.51. The van der Waals surface area contributed by atoms with Crippen LogP contribution in [0.25, 0.3) is 0 Å². The molecule has 2 aromatic carbocycles. The first kappa shape index (κ1) is 20.3. The molecule has 0 bridgehead atoms. The number of esters is 1. The minimum Gasteiger partial charge on any atom is -0.493 e. The summed E-state index contributed by atoms with van der Waals surface area (Å²) < 4.78 is 16.9. The number of hydrogen-bond acceptors (Lipinski definition) is 7. The number of benzene rings is 2.